The monoisotopic (exact) mass is 582 g/mol. The highest BCUT2D eigenvalue weighted by Gasteiger charge is 2.45. The van der Waals surface area contributed by atoms with E-state index in [-0.39, 0.29) is 10.9 Å². The summed E-state index contributed by atoms with van der Waals surface area (Å²) >= 11 is 0. The van der Waals surface area contributed by atoms with Gasteiger partial charge in [-0.25, -0.2) is 13.2 Å². The number of carbonyl (C=O) groups is 1. The van der Waals surface area contributed by atoms with E-state index in [2.05, 4.69) is 97.1 Å². The summed E-state index contributed by atoms with van der Waals surface area (Å²) in [6.45, 7) is 1.82. The van der Waals surface area contributed by atoms with Gasteiger partial charge in [-0.05, 0) is 73.2 Å². The molecule has 41 heavy (non-hydrogen) atoms. The fraction of sp³-hybridized carbons (Fsp3) is 0.0882. The molecule has 5 rings (SSSR count). The van der Waals surface area contributed by atoms with Crippen LogP contribution in [0, 0.1) is 6.92 Å². The fourth-order valence-electron chi connectivity index (χ4n) is 4.66. The fourth-order valence-corrected chi connectivity index (χ4v) is 9.36. The highest BCUT2D eigenvalue weighted by Crippen LogP contribution is 2.58. The molecule has 0 aliphatic heterocycles. The van der Waals surface area contributed by atoms with Gasteiger partial charge in [0.2, 0.25) is 0 Å². The van der Waals surface area contributed by atoms with Gasteiger partial charge in [-0.2, -0.15) is 0 Å². The first-order valence-electron chi connectivity index (χ1n) is 13.0. The predicted molar refractivity (Wildman–Crippen MR) is 166 cm³/mol. The molecule has 0 aliphatic carbocycles. The first-order chi connectivity index (χ1) is 19.7. The molecule has 0 unspecified atom stereocenters. The molecule has 0 saturated heterocycles. The molecule has 0 heterocycles. The lowest BCUT2D eigenvalue weighted by Gasteiger charge is -2.28. The van der Waals surface area contributed by atoms with Crippen molar-refractivity contribution in [3.8, 4) is 0 Å². The number of esters is 1. The lowest BCUT2D eigenvalue weighted by Crippen LogP contribution is -2.32. The van der Waals surface area contributed by atoms with E-state index in [0.29, 0.717) is 5.56 Å². The SMILES string of the molecule is COC(=O)c1cccc(C[P+](c2ccccc2)(c2ccccc2)c2ccccc2)c1.Cc1ccc(S(=O)(=O)[O-])cc1. The van der Waals surface area contributed by atoms with Crippen molar-refractivity contribution >= 4 is 39.3 Å². The van der Waals surface area contributed by atoms with Crippen LogP contribution in [0.2, 0.25) is 0 Å². The smallest absolute Gasteiger partial charge is 0.337 e. The van der Waals surface area contributed by atoms with Gasteiger partial charge in [0.25, 0.3) is 0 Å². The molecule has 0 amide bonds. The van der Waals surface area contributed by atoms with Crippen LogP contribution >= 0.6 is 7.26 Å². The second-order valence-corrected chi connectivity index (χ2v) is 14.3. The third-order valence-electron chi connectivity index (χ3n) is 6.67. The maximum atomic E-state index is 12.1. The number of hydrogen-bond donors (Lipinski definition) is 0. The van der Waals surface area contributed by atoms with E-state index in [4.69, 9.17) is 4.74 Å². The first-order valence-corrected chi connectivity index (χ1v) is 16.4. The van der Waals surface area contributed by atoms with Crippen LogP contribution in [-0.4, -0.2) is 26.0 Å². The van der Waals surface area contributed by atoms with Crippen molar-refractivity contribution in [2.24, 2.45) is 0 Å². The number of ether oxygens (including phenoxy) is 1. The molecule has 0 atom stereocenters. The Hall–Kier alpha value is -4.09. The molecular weight excluding hydrogens is 551 g/mol. The van der Waals surface area contributed by atoms with Crippen molar-refractivity contribution in [2.75, 3.05) is 7.11 Å². The van der Waals surface area contributed by atoms with E-state index < -0.39 is 17.4 Å². The highest BCUT2D eigenvalue weighted by atomic mass is 32.2. The molecule has 0 aliphatic rings. The van der Waals surface area contributed by atoms with Gasteiger partial charge in [0.1, 0.15) is 33.3 Å². The zero-order valence-corrected chi connectivity index (χ0v) is 24.6. The third-order valence-corrected chi connectivity index (χ3v) is 11.9. The molecule has 0 saturated carbocycles. The highest BCUT2D eigenvalue weighted by molar-refractivity contribution is 7.95. The van der Waals surface area contributed by atoms with E-state index >= 15 is 0 Å². The Bertz CT molecular complexity index is 1580. The van der Waals surface area contributed by atoms with Crippen molar-refractivity contribution in [3.05, 3.63) is 156 Å². The Kier molecular flexibility index (Phi) is 9.85. The van der Waals surface area contributed by atoms with Crippen molar-refractivity contribution in [2.45, 2.75) is 18.0 Å². The van der Waals surface area contributed by atoms with Gasteiger partial charge in [0.05, 0.1) is 23.7 Å². The molecule has 5 nitrogen and oxygen atoms in total. The summed E-state index contributed by atoms with van der Waals surface area (Å²) in [6, 6.07) is 45.9. The lowest BCUT2D eigenvalue weighted by atomic mass is 10.1. The van der Waals surface area contributed by atoms with E-state index in [1.165, 1.54) is 35.2 Å². The molecule has 0 radical (unpaired) electrons. The van der Waals surface area contributed by atoms with Crippen LogP contribution in [0.5, 0.6) is 0 Å². The van der Waals surface area contributed by atoms with Gasteiger partial charge < -0.3 is 9.29 Å². The molecule has 0 N–H and O–H groups in total. The minimum absolute atomic E-state index is 0.178. The minimum atomic E-state index is -4.27. The number of hydrogen-bond acceptors (Lipinski definition) is 5. The van der Waals surface area contributed by atoms with E-state index in [1.54, 1.807) is 12.1 Å². The van der Waals surface area contributed by atoms with Gasteiger partial charge in [-0.3, -0.25) is 0 Å². The lowest BCUT2D eigenvalue weighted by molar-refractivity contribution is 0.0600. The molecule has 7 heteroatoms. The number of benzene rings is 5. The Labute approximate surface area is 242 Å². The van der Waals surface area contributed by atoms with Gasteiger partial charge in [0, 0.05) is 0 Å². The summed E-state index contributed by atoms with van der Waals surface area (Å²) in [5.74, 6) is -0.306. The average Bonchev–Trinajstić information content (AvgIpc) is 3.01. The maximum Gasteiger partial charge on any atom is 0.337 e. The van der Waals surface area contributed by atoms with Gasteiger partial charge in [0.15, 0.2) is 0 Å². The Morgan fingerprint density at radius 1 is 0.683 bits per heavy atom. The standard InChI is InChI=1S/C27H24O2P.C7H8O3S/c1-29-27(28)23-13-11-12-22(20-23)21-30(24-14-5-2-6-15-24,25-16-7-3-8-17-25)26-18-9-4-10-19-26;1-6-2-4-7(5-3-6)11(8,9)10/h2-20H,21H2,1H3;2-5H,1H3,(H,8,9,10)/q+1;/p-1. The van der Waals surface area contributed by atoms with Crippen LogP contribution < -0.4 is 15.9 Å². The van der Waals surface area contributed by atoms with Crippen LogP contribution in [0.4, 0.5) is 0 Å². The summed E-state index contributed by atoms with van der Waals surface area (Å²) in [5.41, 5.74) is 2.64. The summed E-state index contributed by atoms with van der Waals surface area (Å²) in [5, 5.41) is 3.97. The zero-order chi connectivity index (χ0) is 29.3. The van der Waals surface area contributed by atoms with E-state index in [1.807, 2.05) is 25.1 Å². The van der Waals surface area contributed by atoms with Crippen molar-refractivity contribution in [1.29, 1.82) is 0 Å². The van der Waals surface area contributed by atoms with E-state index in [0.717, 1.165) is 17.3 Å². The van der Waals surface area contributed by atoms with Gasteiger partial charge in [-0.1, -0.05) is 84.4 Å². The number of rotatable bonds is 7. The molecule has 0 bridgehead atoms. The molecule has 0 spiro atoms. The normalized spacial score (nSPS) is 11.2. The van der Waals surface area contributed by atoms with Gasteiger partial charge in [-0.15, -0.1) is 0 Å². The van der Waals surface area contributed by atoms with Crippen LogP contribution in [-0.2, 0) is 21.0 Å². The summed E-state index contributed by atoms with van der Waals surface area (Å²) < 4.78 is 36.1. The predicted octanol–water partition coefficient (Wildman–Crippen LogP) is 5.87. The summed E-state index contributed by atoms with van der Waals surface area (Å²) in [6.07, 6.45) is 0.829. The number of aryl methyl sites for hydroxylation is 1. The van der Waals surface area contributed by atoms with Crippen LogP contribution in [0.25, 0.3) is 0 Å². The molecule has 5 aromatic rings. The molecular formula is C34H31O5PS. The zero-order valence-electron chi connectivity index (χ0n) is 22.9. The number of carbonyl (C=O) groups excluding carboxylic acids is 1. The Morgan fingerprint density at radius 2 is 1.15 bits per heavy atom. The third kappa shape index (κ3) is 7.36. The quantitative estimate of drug-likeness (QED) is 0.136. The minimum Gasteiger partial charge on any atom is -0.744 e. The second kappa shape index (κ2) is 13.5. The summed E-state index contributed by atoms with van der Waals surface area (Å²) in [7, 11) is -4.83. The van der Waals surface area contributed by atoms with Gasteiger partial charge >= 0.3 is 5.97 Å². The Morgan fingerprint density at radius 3 is 1.56 bits per heavy atom. The van der Waals surface area contributed by atoms with Crippen molar-refractivity contribution < 1.29 is 22.5 Å². The average molecular weight is 583 g/mol. The molecule has 0 fully saturated rings. The Balaban J connectivity index is 0.000000296. The first kappa shape index (κ1) is 29.9. The molecule has 208 valence electrons. The number of methoxy groups -OCH3 is 1. The van der Waals surface area contributed by atoms with Crippen molar-refractivity contribution in [1.82, 2.24) is 0 Å². The summed E-state index contributed by atoms with van der Waals surface area (Å²) in [4.78, 5) is 12.0. The topological polar surface area (TPSA) is 83.5 Å². The van der Waals surface area contributed by atoms with Crippen LogP contribution in [0.3, 0.4) is 0 Å². The van der Waals surface area contributed by atoms with Crippen LogP contribution in [0.15, 0.2) is 144 Å². The van der Waals surface area contributed by atoms with Crippen LogP contribution in [0.1, 0.15) is 21.5 Å². The maximum absolute atomic E-state index is 12.1. The largest absolute Gasteiger partial charge is 0.744 e. The van der Waals surface area contributed by atoms with E-state index in [9.17, 15) is 17.8 Å². The molecule has 0 aromatic heterocycles. The molecule has 5 aromatic carbocycles. The second-order valence-electron chi connectivity index (χ2n) is 9.43. The van der Waals surface area contributed by atoms with Crippen molar-refractivity contribution in [3.63, 3.8) is 0 Å².